The maximum atomic E-state index is 11.8. The number of hydrogen-bond donors (Lipinski definition) is 1. The number of hydrogen-bond acceptors (Lipinski definition) is 6. The zero-order chi connectivity index (χ0) is 17.4. The Balaban J connectivity index is 1.94. The molecule has 1 N–H and O–H groups in total. The second-order valence-electron chi connectivity index (χ2n) is 5.64. The van der Waals surface area contributed by atoms with Crippen LogP contribution in [-0.2, 0) is 4.79 Å². The third kappa shape index (κ3) is 2.63. The minimum Gasteiger partial charge on any atom is -0.317 e. The quantitative estimate of drug-likeness (QED) is 0.667. The number of carbonyl (C=O) groups excluding carboxylic acids is 1. The number of rotatable bonds is 2. The molecule has 8 heteroatoms. The normalized spacial score (nSPS) is 16.0. The van der Waals surface area contributed by atoms with Crippen LogP contribution in [0.25, 0.3) is 0 Å². The van der Waals surface area contributed by atoms with E-state index in [9.17, 15) is 14.9 Å². The Labute approximate surface area is 142 Å². The Bertz CT molecular complexity index is 937. The van der Waals surface area contributed by atoms with Gasteiger partial charge in [0, 0.05) is 23.3 Å². The van der Waals surface area contributed by atoms with E-state index in [0.717, 1.165) is 5.56 Å². The van der Waals surface area contributed by atoms with Crippen molar-refractivity contribution in [1.82, 2.24) is 5.43 Å². The van der Waals surface area contributed by atoms with Crippen LogP contribution in [0.4, 0.5) is 11.4 Å². The maximum Gasteiger partial charge on any atom is 0.270 e. The number of benzene rings is 2. The average molecular weight is 335 g/mol. The highest BCUT2D eigenvalue weighted by atomic mass is 16.6. The molecule has 0 aliphatic carbocycles. The van der Waals surface area contributed by atoms with Crippen LogP contribution in [0.1, 0.15) is 11.1 Å². The molecular formula is C17H13N5O3. The number of nitrogens with one attached hydrogen (secondary N) is 1. The van der Waals surface area contributed by atoms with Gasteiger partial charge in [-0.15, -0.1) is 0 Å². The summed E-state index contributed by atoms with van der Waals surface area (Å²) in [5.74, 6) is 0.358. The SMILES string of the molecule is O=C1CN2C(=NN1)CN=C(c1ccccc1)c1cc([N+](=O)[O-])ccc12. The molecule has 1 amide bonds. The molecule has 2 aliphatic heterocycles. The number of fused-ring (bicyclic) bond motifs is 3. The van der Waals surface area contributed by atoms with Crippen LogP contribution < -0.4 is 10.3 Å². The van der Waals surface area contributed by atoms with Gasteiger partial charge in [0.2, 0.25) is 0 Å². The van der Waals surface area contributed by atoms with Gasteiger partial charge in [0.05, 0.1) is 22.9 Å². The van der Waals surface area contributed by atoms with E-state index in [1.807, 2.05) is 30.3 Å². The number of amidine groups is 1. The molecule has 0 saturated carbocycles. The van der Waals surface area contributed by atoms with Gasteiger partial charge in [-0.3, -0.25) is 19.9 Å². The summed E-state index contributed by atoms with van der Waals surface area (Å²) in [6, 6.07) is 14.0. The molecule has 0 bridgehead atoms. The van der Waals surface area contributed by atoms with E-state index in [-0.39, 0.29) is 24.7 Å². The van der Waals surface area contributed by atoms with Gasteiger partial charge >= 0.3 is 0 Å². The van der Waals surface area contributed by atoms with Crippen LogP contribution in [0.3, 0.4) is 0 Å². The summed E-state index contributed by atoms with van der Waals surface area (Å²) in [5.41, 5.74) is 5.21. The predicted molar refractivity (Wildman–Crippen MR) is 93.0 cm³/mol. The second-order valence-corrected chi connectivity index (χ2v) is 5.64. The topological polar surface area (TPSA) is 100 Å². The fourth-order valence-electron chi connectivity index (χ4n) is 2.94. The van der Waals surface area contributed by atoms with Crippen molar-refractivity contribution in [2.24, 2.45) is 10.1 Å². The van der Waals surface area contributed by atoms with Gasteiger partial charge in [0.1, 0.15) is 6.54 Å². The van der Waals surface area contributed by atoms with Crippen molar-refractivity contribution < 1.29 is 9.72 Å². The Morgan fingerprint density at radius 2 is 1.96 bits per heavy atom. The Morgan fingerprint density at radius 1 is 1.16 bits per heavy atom. The number of aliphatic imine (C=N–C) groups is 1. The third-order valence-electron chi connectivity index (χ3n) is 4.09. The van der Waals surface area contributed by atoms with Crippen LogP contribution in [0, 0.1) is 10.1 Å². The van der Waals surface area contributed by atoms with Gasteiger partial charge in [-0.05, 0) is 6.07 Å². The van der Waals surface area contributed by atoms with Gasteiger partial charge < -0.3 is 4.90 Å². The molecule has 0 atom stereocenters. The van der Waals surface area contributed by atoms with E-state index in [4.69, 9.17) is 0 Å². The van der Waals surface area contributed by atoms with Crippen molar-refractivity contribution in [1.29, 1.82) is 0 Å². The van der Waals surface area contributed by atoms with Crippen LogP contribution in [0.5, 0.6) is 0 Å². The minimum atomic E-state index is -0.439. The average Bonchev–Trinajstić information content (AvgIpc) is 2.78. The minimum absolute atomic E-state index is 0.0239. The standard InChI is InChI=1S/C17H13N5O3/c23-16-10-21-14-7-6-12(22(24)25)8-13(14)17(11-4-2-1-3-5-11)18-9-15(21)19-20-16/h1-8H,9-10H2,(H,20,23). The van der Waals surface area contributed by atoms with Crippen molar-refractivity contribution in [2.75, 3.05) is 18.0 Å². The fourth-order valence-corrected chi connectivity index (χ4v) is 2.94. The largest absolute Gasteiger partial charge is 0.317 e. The van der Waals surface area contributed by atoms with Crippen LogP contribution >= 0.6 is 0 Å². The highest BCUT2D eigenvalue weighted by Crippen LogP contribution is 2.31. The molecule has 124 valence electrons. The highest BCUT2D eigenvalue weighted by molar-refractivity contribution is 6.21. The summed E-state index contributed by atoms with van der Waals surface area (Å²) in [6.07, 6.45) is 0. The molecule has 2 aromatic rings. The van der Waals surface area contributed by atoms with E-state index in [2.05, 4.69) is 15.5 Å². The van der Waals surface area contributed by atoms with Gasteiger partial charge in [-0.2, -0.15) is 5.10 Å². The van der Waals surface area contributed by atoms with Gasteiger partial charge in [0.25, 0.3) is 11.6 Å². The van der Waals surface area contributed by atoms with E-state index >= 15 is 0 Å². The molecule has 0 saturated heterocycles. The van der Waals surface area contributed by atoms with Gasteiger partial charge in [-0.25, -0.2) is 5.43 Å². The first-order valence-electron chi connectivity index (χ1n) is 7.65. The van der Waals surface area contributed by atoms with Gasteiger partial charge in [-0.1, -0.05) is 30.3 Å². The lowest BCUT2D eigenvalue weighted by Crippen LogP contribution is -2.46. The van der Waals surface area contributed by atoms with Crippen LogP contribution in [0.15, 0.2) is 58.6 Å². The summed E-state index contributed by atoms with van der Waals surface area (Å²) >= 11 is 0. The molecule has 0 fully saturated rings. The first-order valence-corrected chi connectivity index (χ1v) is 7.65. The Hall–Kier alpha value is -3.55. The zero-order valence-electron chi connectivity index (χ0n) is 13.0. The van der Waals surface area contributed by atoms with E-state index < -0.39 is 4.92 Å². The smallest absolute Gasteiger partial charge is 0.270 e. The van der Waals surface area contributed by atoms with Crippen molar-refractivity contribution >= 4 is 28.8 Å². The molecule has 25 heavy (non-hydrogen) atoms. The summed E-state index contributed by atoms with van der Waals surface area (Å²) in [5, 5.41) is 15.3. The predicted octanol–water partition coefficient (Wildman–Crippen LogP) is 1.70. The molecule has 0 unspecified atom stereocenters. The van der Waals surface area contributed by atoms with E-state index in [1.165, 1.54) is 12.1 Å². The maximum absolute atomic E-state index is 11.8. The number of amides is 1. The lowest BCUT2D eigenvalue weighted by Gasteiger charge is -2.27. The molecule has 0 spiro atoms. The van der Waals surface area contributed by atoms with Crippen molar-refractivity contribution in [3.8, 4) is 0 Å². The number of nitrogens with zero attached hydrogens (tertiary/aromatic N) is 4. The van der Waals surface area contributed by atoms with E-state index in [0.29, 0.717) is 22.8 Å². The summed E-state index contributed by atoms with van der Waals surface area (Å²) in [4.78, 5) is 28.9. The first-order chi connectivity index (χ1) is 12.1. The third-order valence-corrected chi connectivity index (χ3v) is 4.09. The van der Waals surface area contributed by atoms with Crippen molar-refractivity contribution in [3.63, 3.8) is 0 Å². The molecular weight excluding hydrogens is 322 g/mol. The van der Waals surface area contributed by atoms with Crippen LogP contribution in [-0.4, -0.2) is 35.5 Å². The number of carbonyl (C=O) groups is 1. The van der Waals surface area contributed by atoms with Crippen LogP contribution in [0.2, 0.25) is 0 Å². The second kappa shape index (κ2) is 5.82. The first kappa shape index (κ1) is 15.0. The summed E-state index contributed by atoms with van der Waals surface area (Å²) in [7, 11) is 0. The molecule has 0 radical (unpaired) electrons. The molecule has 0 aromatic heterocycles. The van der Waals surface area contributed by atoms with Crippen molar-refractivity contribution in [2.45, 2.75) is 0 Å². The lowest BCUT2D eigenvalue weighted by atomic mass is 9.99. The number of nitro groups is 1. The fraction of sp³-hybridized carbons (Fsp3) is 0.118. The number of hydrazone groups is 1. The zero-order valence-corrected chi connectivity index (χ0v) is 13.0. The lowest BCUT2D eigenvalue weighted by molar-refractivity contribution is -0.384. The summed E-state index contributed by atoms with van der Waals surface area (Å²) < 4.78 is 0. The molecule has 4 rings (SSSR count). The number of non-ortho nitro benzene ring substituents is 1. The van der Waals surface area contributed by atoms with E-state index in [1.54, 1.807) is 11.0 Å². The highest BCUT2D eigenvalue weighted by Gasteiger charge is 2.29. The Kier molecular flexibility index (Phi) is 3.50. The summed E-state index contributed by atoms with van der Waals surface area (Å²) in [6.45, 7) is 0.369. The molecule has 8 nitrogen and oxygen atoms in total. The van der Waals surface area contributed by atoms with Gasteiger partial charge in [0.15, 0.2) is 5.84 Å². The molecule has 2 aliphatic rings. The monoisotopic (exact) mass is 335 g/mol. The number of nitro benzene ring substituents is 1. The molecule has 2 aromatic carbocycles. The molecule has 2 heterocycles. The van der Waals surface area contributed by atoms with Crippen molar-refractivity contribution in [3.05, 3.63) is 69.8 Å². The Morgan fingerprint density at radius 3 is 2.72 bits per heavy atom. The number of anilines is 1.